The summed E-state index contributed by atoms with van der Waals surface area (Å²) < 4.78 is 5.76. The topological polar surface area (TPSA) is 69.5 Å². The molecule has 0 radical (unpaired) electrons. The Hall–Kier alpha value is -3.13. The molecular weight excluding hydrogens is 396 g/mol. The second-order valence-electron chi connectivity index (χ2n) is 7.76. The van der Waals surface area contributed by atoms with E-state index in [9.17, 15) is 4.79 Å². The van der Waals surface area contributed by atoms with Gasteiger partial charge in [-0.3, -0.25) is 13.8 Å². The highest BCUT2D eigenvalue weighted by atomic mass is 32.2. The molecule has 152 valence electrons. The van der Waals surface area contributed by atoms with Crippen molar-refractivity contribution in [2.75, 3.05) is 0 Å². The zero-order chi connectivity index (χ0) is 20.7. The first-order valence-electron chi connectivity index (χ1n) is 10.0. The first-order valence-corrected chi connectivity index (χ1v) is 11.0. The van der Waals surface area contributed by atoms with Gasteiger partial charge < -0.3 is 4.40 Å². The molecular formula is C22H22N6OS. The number of rotatable bonds is 6. The van der Waals surface area contributed by atoms with Gasteiger partial charge in [0.05, 0.1) is 16.6 Å². The lowest BCUT2D eigenvalue weighted by Gasteiger charge is -2.12. The summed E-state index contributed by atoms with van der Waals surface area (Å²) >= 11 is 1.58. The van der Waals surface area contributed by atoms with E-state index >= 15 is 0 Å². The fraction of sp³-hybridized carbons (Fsp3) is 0.273. The van der Waals surface area contributed by atoms with E-state index in [1.807, 2.05) is 63.7 Å². The lowest BCUT2D eigenvalue weighted by Crippen LogP contribution is -2.24. The molecule has 0 amide bonds. The Morgan fingerprint density at radius 1 is 1.07 bits per heavy atom. The van der Waals surface area contributed by atoms with Crippen LogP contribution in [0.15, 0.2) is 64.8 Å². The summed E-state index contributed by atoms with van der Waals surface area (Å²) in [6, 6.07) is 13.6. The zero-order valence-electron chi connectivity index (χ0n) is 16.9. The van der Waals surface area contributed by atoms with Crippen LogP contribution < -0.4 is 5.56 Å². The van der Waals surface area contributed by atoms with Crippen molar-refractivity contribution in [2.24, 2.45) is 5.92 Å². The molecule has 30 heavy (non-hydrogen) atoms. The fourth-order valence-electron chi connectivity index (χ4n) is 3.61. The predicted molar refractivity (Wildman–Crippen MR) is 119 cm³/mol. The second-order valence-corrected chi connectivity index (χ2v) is 8.70. The van der Waals surface area contributed by atoms with Gasteiger partial charge in [-0.05, 0) is 36.6 Å². The molecule has 0 saturated carbocycles. The van der Waals surface area contributed by atoms with Crippen LogP contribution >= 0.6 is 11.8 Å². The molecule has 7 nitrogen and oxygen atoms in total. The number of thioether (sulfide) groups is 1. The maximum atomic E-state index is 13.1. The Labute approximate surface area is 177 Å². The molecule has 0 aliphatic rings. The maximum absolute atomic E-state index is 13.1. The number of pyridine rings is 1. The van der Waals surface area contributed by atoms with Gasteiger partial charge in [0.2, 0.25) is 5.78 Å². The fourth-order valence-corrected chi connectivity index (χ4v) is 4.43. The summed E-state index contributed by atoms with van der Waals surface area (Å²) in [5, 5.41) is 10.3. The molecule has 8 heteroatoms. The van der Waals surface area contributed by atoms with E-state index in [4.69, 9.17) is 0 Å². The van der Waals surface area contributed by atoms with Crippen molar-refractivity contribution in [3.05, 3.63) is 70.9 Å². The van der Waals surface area contributed by atoms with Crippen LogP contribution in [-0.4, -0.2) is 28.5 Å². The predicted octanol–water partition coefficient (Wildman–Crippen LogP) is 4.03. The summed E-state index contributed by atoms with van der Waals surface area (Å²) in [6.45, 7) is 4.94. The van der Waals surface area contributed by atoms with Gasteiger partial charge >= 0.3 is 0 Å². The number of aromatic nitrogens is 6. The third kappa shape index (κ3) is 3.27. The van der Waals surface area contributed by atoms with Crippen molar-refractivity contribution in [3.8, 4) is 0 Å². The Morgan fingerprint density at radius 2 is 1.90 bits per heavy atom. The van der Waals surface area contributed by atoms with Crippen LogP contribution in [0.5, 0.6) is 0 Å². The molecule has 0 aliphatic carbocycles. The van der Waals surface area contributed by atoms with Crippen LogP contribution in [0.2, 0.25) is 0 Å². The van der Waals surface area contributed by atoms with Crippen LogP contribution in [0.3, 0.4) is 0 Å². The highest BCUT2D eigenvalue weighted by Gasteiger charge is 2.17. The van der Waals surface area contributed by atoms with E-state index in [1.165, 1.54) is 0 Å². The number of hydrogen-bond donors (Lipinski definition) is 0. The van der Waals surface area contributed by atoms with Crippen molar-refractivity contribution in [1.29, 1.82) is 0 Å². The molecule has 1 aromatic carbocycles. The largest absolute Gasteiger partial charge is 0.307 e. The van der Waals surface area contributed by atoms with E-state index in [1.54, 1.807) is 16.3 Å². The van der Waals surface area contributed by atoms with Crippen molar-refractivity contribution < 1.29 is 0 Å². The molecule has 0 saturated heterocycles. The van der Waals surface area contributed by atoms with Gasteiger partial charge in [0.25, 0.3) is 5.56 Å². The number of hydrogen-bond acceptors (Lipinski definition) is 5. The standard InChI is InChI=1S/C22H22N6OS/c1-15(2)10-12-27-20(29)17-7-3-4-8-18(17)28-21(27)24-25-22(28)30-14-16-13-26-11-6-5-9-19(26)23-16/h3-9,11,13,15H,10,12,14H2,1-2H3. The third-order valence-corrected chi connectivity index (χ3v) is 6.13. The molecule has 5 rings (SSSR count). The minimum Gasteiger partial charge on any atom is -0.307 e. The van der Waals surface area contributed by atoms with E-state index in [0.29, 0.717) is 29.4 Å². The molecule has 4 aromatic heterocycles. The summed E-state index contributed by atoms with van der Waals surface area (Å²) in [4.78, 5) is 17.8. The molecule has 0 aliphatic heterocycles. The molecule has 0 unspecified atom stereocenters. The Kier molecular flexibility index (Phi) is 4.78. The van der Waals surface area contributed by atoms with Crippen molar-refractivity contribution in [3.63, 3.8) is 0 Å². The van der Waals surface area contributed by atoms with Gasteiger partial charge in [-0.25, -0.2) is 4.98 Å². The van der Waals surface area contributed by atoms with Crippen LogP contribution in [0.4, 0.5) is 0 Å². The average molecular weight is 419 g/mol. The minimum absolute atomic E-state index is 0.0111. The Morgan fingerprint density at radius 3 is 2.73 bits per heavy atom. The number of imidazole rings is 1. The first-order chi connectivity index (χ1) is 14.6. The number of aryl methyl sites for hydroxylation is 1. The number of benzene rings is 1. The van der Waals surface area contributed by atoms with E-state index in [0.717, 1.165) is 28.4 Å². The molecule has 5 aromatic rings. The quantitative estimate of drug-likeness (QED) is 0.390. The van der Waals surface area contributed by atoms with E-state index in [2.05, 4.69) is 29.0 Å². The number of nitrogens with zero attached hydrogens (tertiary/aromatic N) is 6. The van der Waals surface area contributed by atoms with Gasteiger partial charge in [0.15, 0.2) is 5.16 Å². The monoisotopic (exact) mass is 418 g/mol. The SMILES string of the molecule is CC(C)CCn1c(=O)c2ccccc2n2c(SCc3cn4ccccc4n3)nnc12. The molecule has 0 atom stereocenters. The molecule has 0 fully saturated rings. The van der Waals surface area contributed by atoms with Gasteiger partial charge in [0.1, 0.15) is 5.65 Å². The molecule has 0 bridgehead atoms. The number of para-hydroxylation sites is 1. The highest BCUT2D eigenvalue weighted by molar-refractivity contribution is 7.98. The Balaban J connectivity index is 1.58. The van der Waals surface area contributed by atoms with E-state index < -0.39 is 0 Å². The zero-order valence-corrected chi connectivity index (χ0v) is 17.7. The van der Waals surface area contributed by atoms with E-state index in [-0.39, 0.29) is 5.56 Å². The average Bonchev–Trinajstić information content (AvgIpc) is 3.36. The van der Waals surface area contributed by atoms with Crippen LogP contribution in [0.1, 0.15) is 26.0 Å². The minimum atomic E-state index is -0.0111. The summed E-state index contributed by atoms with van der Waals surface area (Å²) in [5.74, 6) is 1.76. The summed E-state index contributed by atoms with van der Waals surface area (Å²) in [5.41, 5.74) is 2.72. The number of fused-ring (bicyclic) bond motifs is 4. The third-order valence-electron chi connectivity index (χ3n) is 5.17. The van der Waals surface area contributed by atoms with Crippen molar-refractivity contribution in [2.45, 2.75) is 37.7 Å². The lowest BCUT2D eigenvalue weighted by molar-refractivity contribution is 0.512. The van der Waals surface area contributed by atoms with Crippen LogP contribution in [-0.2, 0) is 12.3 Å². The summed E-state index contributed by atoms with van der Waals surface area (Å²) in [7, 11) is 0. The normalized spacial score (nSPS) is 12.0. The smallest absolute Gasteiger partial charge is 0.262 e. The molecule has 0 N–H and O–H groups in total. The van der Waals surface area contributed by atoms with Crippen molar-refractivity contribution in [1.82, 2.24) is 28.5 Å². The van der Waals surface area contributed by atoms with Gasteiger partial charge in [-0.1, -0.05) is 43.8 Å². The maximum Gasteiger partial charge on any atom is 0.262 e. The van der Waals surface area contributed by atoms with Crippen LogP contribution in [0, 0.1) is 5.92 Å². The van der Waals surface area contributed by atoms with Gasteiger partial charge in [-0.15, -0.1) is 10.2 Å². The first kappa shape index (κ1) is 18.9. The Bertz CT molecular complexity index is 1380. The van der Waals surface area contributed by atoms with Crippen LogP contribution in [0.25, 0.3) is 22.3 Å². The highest BCUT2D eigenvalue weighted by Crippen LogP contribution is 2.25. The molecule has 4 heterocycles. The summed E-state index contributed by atoms with van der Waals surface area (Å²) in [6.07, 6.45) is 4.93. The van der Waals surface area contributed by atoms with Crippen molar-refractivity contribution >= 4 is 34.1 Å². The van der Waals surface area contributed by atoms with Gasteiger partial charge in [-0.2, -0.15) is 0 Å². The second kappa shape index (κ2) is 7.60. The molecule has 0 spiro atoms. The van der Waals surface area contributed by atoms with Gasteiger partial charge in [0, 0.05) is 24.7 Å². The lowest BCUT2D eigenvalue weighted by atomic mass is 10.1.